The first-order chi connectivity index (χ1) is 9.56. The molecule has 20 heavy (non-hydrogen) atoms. The zero-order valence-corrected chi connectivity index (χ0v) is 12.3. The smallest absolute Gasteiger partial charge is 0.224 e. The molecular weight excluding hydrogens is 278 g/mol. The Morgan fingerprint density at radius 2 is 2.30 bits per heavy atom. The van der Waals surface area contributed by atoms with Gasteiger partial charge in [-0.05, 0) is 31.5 Å². The number of anilines is 1. The van der Waals surface area contributed by atoms with Crippen LogP contribution in [0.4, 0.5) is 5.69 Å². The van der Waals surface area contributed by atoms with E-state index in [2.05, 4.69) is 17.2 Å². The third kappa shape index (κ3) is 5.62. The zero-order valence-electron chi connectivity index (χ0n) is 11.6. The van der Waals surface area contributed by atoms with Crippen LogP contribution in [-0.2, 0) is 9.53 Å². The highest BCUT2D eigenvalue weighted by Crippen LogP contribution is 2.23. The summed E-state index contributed by atoms with van der Waals surface area (Å²) in [6, 6.07) is 5.08. The molecule has 0 bridgehead atoms. The van der Waals surface area contributed by atoms with E-state index in [0.29, 0.717) is 29.1 Å². The quantitative estimate of drug-likeness (QED) is 0.820. The van der Waals surface area contributed by atoms with E-state index >= 15 is 0 Å². The predicted molar refractivity (Wildman–Crippen MR) is 79.8 cm³/mol. The lowest BCUT2D eigenvalue weighted by atomic mass is 10.2. The molecule has 0 heterocycles. The maximum atomic E-state index is 11.8. The number of hydrogen-bond donors (Lipinski definition) is 2. The Hall–Kier alpha value is -1.54. The molecule has 1 atom stereocenters. The van der Waals surface area contributed by atoms with Crippen molar-refractivity contribution in [2.24, 2.45) is 0 Å². The van der Waals surface area contributed by atoms with Crippen LogP contribution in [0.15, 0.2) is 18.2 Å². The van der Waals surface area contributed by atoms with E-state index in [0.717, 1.165) is 0 Å². The number of aliphatic hydroxyl groups excluding tert-OH is 1. The molecule has 0 saturated heterocycles. The van der Waals surface area contributed by atoms with Crippen molar-refractivity contribution in [2.75, 3.05) is 19.0 Å². The molecule has 0 aliphatic heterocycles. The van der Waals surface area contributed by atoms with E-state index in [1.165, 1.54) is 0 Å². The molecule has 0 spiro atoms. The second-order valence-electron chi connectivity index (χ2n) is 4.29. The highest BCUT2D eigenvalue weighted by atomic mass is 35.5. The number of halogens is 1. The predicted octanol–water partition coefficient (Wildman–Crippen LogP) is 2.44. The van der Waals surface area contributed by atoms with Crippen LogP contribution in [0, 0.1) is 11.8 Å². The molecule has 1 unspecified atom stereocenters. The molecule has 0 aromatic heterocycles. The van der Waals surface area contributed by atoms with Crippen molar-refractivity contribution < 1.29 is 14.6 Å². The van der Waals surface area contributed by atoms with Gasteiger partial charge >= 0.3 is 0 Å². The monoisotopic (exact) mass is 295 g/mol. The topological polar surface area (TPSA) is 58.6 Å². The van der Waals surface area contributed by atoms with Gasteiger partial charge in [0.15, 0.2) is 0 Å². The molecule has 1 aromatic carbocycles. The first-order valence-electron chi connectivity index (χ1n) is 6.28. The second kappa shape index (κ2) is 8.60. The van der Waals surface area contributed by atoms with Crippen molar-refractivity contribution in [3.63, 3.8) is 0 Å². The van der Waals surface area contributed by atoms with Gasteiger partial charge in [0.1, 0.15) is 6.61 Å². The first-order valence-corrected chi connectivity index (χ1v) is 6.66. The summed E-state index contributed by atoms with van der Waals surface area (Å²) >= 11 is 6.03. The Morgan fingerprint density at radius 1 is 1.55 bits per heavy atom. The lowest BCUT2D eigenvalue weighted by molar-refractivity contribution is -0.116. The molecule has 1 rings (SSSR count). The lowest BCUT2D eigenvalue weighted by Crippen LogP contribution is -2.15. The van der Waals surface area contributed by atoms with Crippen LogP contribution < -0.4 is 5.32 Å². The summed E-state index contributed by atoms with van der Waals surface area (Å²) in [4.78, 5) is 11.8. The van der Waals surface area contributed by atoms with E-state index in [9.17, 15) is 4.79 Å². The summed E-state index contributed by atoms with van der Waals surface area (Å²) in [5.74, 6) is 5.19. The van der Waals surface area contributed by atoms with Crippen molar-refractivity contribution >= 4 is 23.2 Å². The Kier molecular flexibility index (Phi) is 7.10. The summed E-state index contributed by atoms with van der Waals surface area (Å²) in [7, 11) is 1.61. The summed E-state index contributed by atoms with van der Waals surface area (Å²) in [5.41, 5.74) is 1.20. The van der Waals surface area contributed by atoms with Crippen molar-refractivity contribution in [1.82, 2.24) is 0 Å². The van der Waals surface area contributed by atoms with Crippen LogP contribution >= 0.6 is 11.6 Å². The second-order valence-corrected chi connectivity index (χ2v) is 4.69. The van der Waals surface area contributed by atoms with Crippen LogP contribution in [0.1, 0.15) is 25.3 Å². The number of benzene rings is 1. The van der Waals surface area contributed by atoms with Gasteiger partial charge in [-0.3, -0.25) is 4.79 Å². The van der Waals surface area contributed by atoms with Crippen LogP contribution in [0.3, 0.4) is 0 Å². The van der Waals surface area contributed by atoms with Crippen molar-refractivity contribution in [3.05, 3.63) is 28.8 Å². The minimum atomic E-state index is -0.209. The standard InChI is InChI=1S/C15H18ClNO3/c1-11(20-2)5-8-15(19)17-14-10-12(4-3-9-18)6-7-13(14)16/h6-7,10-11,18H,5,8-9H2,1-2H3,(H,17,19). The summed E-state index contributed by atoms with van der Waals surface area (Å²) < 4.78 is 5.09. The van der Waals surface area contributed by atoms with Gasteiger partial charge < -0.3 is 15.2 Å². The molecule has 0 radical (unpaired) electrons. The van der Waals surface area contributed by atoms with E-state index in [4.69, 9.17) is 21.4 Å². The number of carbonyl (C=O) groups excluding carboxylic acids is 1. The number of hydrogen-bond acceptors (Lipinski definition) is 3. The van der Waals surface area contributed by atoms with Gasteiger partial charge in [0, 0.05) is 19.1 Å². The molecular formula is C15H18ClNO3. The molecule has 4 nitrogen and oxygen atoms in total. The van der Waals surface area contributed by atoms with Gasteiger partial charge in [0.2, 0.25) is 5.91 Å². The maximum absolute atomic E-state index is 11.8. The van der Waals surface area contributed by atoms with Gasteiger partial charge in [-0.15, -0.1) is 0 Å². The molecule has 0 aliphatic carbocycles. The molecule has 5 heteroatoms. The molecule has 0 saturated carbocycles. The molecule has 1 aromatic rings. The van der Waals surface area contributed by atoms with E-state index in [1.807, 2.05) is 6.92 Å². The summed E-state index contributed by atoms with van der Waals surface area (Å²) in [6.45, 7) is 1.70. The lowest BCUT2D eigenvalue weighted by Gasteiger charge is -2.10. The Bertz CT molecular complexity index is 520. The average molecular weight is 296 g/mol. The van der Waals surface area contributed by atoms with Gasteiger partial charge in [0.05, 0.1) is 16.8 Å². The average Bonchev–Trinajstić information content (AvgIpc) is 2.45. The first kappa shape index (κ1) is 16.5. The SMILES string of the molecule is COC(C)CCC(=O)Nc1cc(C#CCO)ccc1Cl. The number of rotatable bonds is 5. The van der Waals surface area contributed by atoms with Crippen molar-refractivity contribution in [3.8, 4) is 11.8 Å². The third-order valence-electron chi connectivity index (χ3n) is 2.73. The van der Waals surface area contributed by atoms with Crippen LogP contribution in [0.2, 0.25) is 5.02 Å². The van der Waals surface area contributed by atoms with Crippen LogP contribution in [0.25, 0.3) is 0 Å². The van der Waals surface area contributed by atoms with Gasteiger partial charge in [-0.2, -0.15) is 0 Å². The number of ether oxygens (including phenoxy) is 1. The van der Waals surface area contributed by atoms with Crippen LogP contribution in [0.5, 0.6) is 0 Å². The number of aliphatic hydroxyl groups is 1. The van der Waals surface area contributed by atoms with Gasteiger partial charge in [-0.25, -0.2) is 0 Å². The molecule has 0 fully saturated rings. The summed E-state index contributed by atoms with van der Waals surface area (Å²) in [6.07, 6.45) is 1.04. The fourth-order valence-corrected chi connectivity index (χ4v) is 1.67. The minimum Gasteiger partial charge on any atom is -0.384 e. The molecule has 1 amide bonds. The largest absolute Gasteiger partial charge is 0.384 e. The fraction of sp³-hybridized carbons (Fsp3) is 0.400. The van der Waals surface area contributed by atoms with Crippen LogP contribution in [-0.4, -0.2) is 30.8 Å². The molecule has 0 aliphatic rings. The normalized spacial score (nSPS) is 11.4. The Labute approximate surface area is 124 Å². The Morgan fingerprint density at radius 3 is 2.95 bits per heavy atom. The molecule has 108 valence electrons. The number of nitrogens with one attached hydrogen (secondary N) is 1. The number of methoxy groups -OCH3 is 1. The van der Waals surface area contributed by atoms with E-state index < -0.39 is 0 Å². The van der Waals surface area contributed by atoms with Gasteiger partial charge in [0.25, 0.3) is 0 Å². The van der Waals surface area contributed by atoms with Gasteiger partial charge in [-0.1, -0.05) is 23.4 Å². The molecule has 2 N–H and O–H groups in total. The highest BCUT2D eigenvalue weighted by Gasteiger charge is 2.08. The highest BCUT2D eigenvalue weighted by molar-refractivity contribution is 6.33. The van der Waals surface area contributed by atoms with Crippen molar-refractivity contribution in [1.29, 1.82) is 0 Å². The van der Waals surface area contributed by atoms with Crippen molar-refractivity contribution in [2.45, 2.75) is 25.9 Å². The maximum Gasteiger partial charge on any atom is 0.224 e. The fourth-order valence-electron chi connectivity index (χ4n) is 1.51. The summed E-state index contributed by atoms with van der Waals surface area (Å²) in [5, 5.41) is 11.9. The number of amides is 1. The zero-order chi connectivity index (χ0) is 15.0. The number of carbonyl (C=O) groups is 1. The third-order valence-corrected chi connectivity index (χ3v) is 3.06. The van der Waals surface area contributed by atoms with E-state index in [1.54, 1.807) is 25.3 Å². The Balaban J connectivity index is 2.68. The van der Waals surface area contributed by atoms with E-state index in [-0.39, 0.29) is 18.6 Å². The minimum absolute atomic E-state index is 0.0398.